The number of carbonyl (C=O) groups excluding carboxylic acids is 1. The maximum absolute atomic E-state index is 13.3. The summed E-state index contributed by atoms with van der Waals surface area (Å²) < 4.78 is 0. The van der Waals surface area contributed by atoms with E-state index in [1.165, 1.54) is 0 Å². The number of aliphatic hydroxyl groups is 2. The van der Waals surface area contributed by atoms with E-state index in [2.05, 4.69) is 0 Å². The zero-order chi connectivity index (χ0) is 18.0. The van der Waals surface area contributed by atoms with Gasteiger partial charge in [-0.05, 0) is 24.2 Å². The largest absolute Gasteiger partial charge is 0.507 e. The summed E-state index contributed by atoms with van der Waals surface area (Å²) in [5.74, 6) is -1.38. The molecule has 1 aliphatic rings. The molecule has 2 aromatic rings. The minimum Gasteiger partial charge on any atom is -0.507 e. The van der Waals surface area contributed by atoms with Gasteiger partial charge in [-0.25, -0.2) is 0 Å². The third-order valence-corrected chi connectivity index (χ3v) is 4.94. The number of ketones is 1. The zero-order valence-corrected chi connectivity index (χ0v) is 14.5. The fraction of sp³-hybridized carbons (Fsp3) is 0.286. The minimum atomic E-state index is -1.74. The summed E-state index contributed by atoms with van der Waals surface area (Å²) in [7, 11) is 0. The number of benzene rings is 2. The Morgan fingerprint density at radius 3 is 2.00 bits per heavy atom. The highest BCUT2D eigenvalue weighted by Crippen LogP contribution is 2.48. The van der Waals surface area contributed by atoms with E-state index in [9.17, 15) is 15.0 Å². The Kier molecular flexibility index (Phi) is 4.75. The van der Waals surface area contributed by atoms with Crippen LogP contribution in [0.15, 0.2) is 66.4 Å². The number of aliphatic hydroxyl groups excluding tert-OH is 1. The Morgan fingerprint density at radius 2 is 1.48 bits per heavy atom. The van der Waals surface area contributed by atoms with Crippen LogP contribution in [-0.2, 0) is 4.79 Å². The molecule has 4 heteroatoms. The second-order valence-electron chi connectivity index (χ2n) is 6.20. The van der Waals surface area contributed by atoms with E-state index in [0.717, 1.165) is 0 Å². The highest BCUT2D eigenvalue weighted by molar-refractivity contribution is 6.27. The SMILES string of the molecule is CCN(CC)C1(O)C(O)=C(c2ccccc2)C(=O)C1c1ccccc1. The first-order chi connectivity index (χ1) is 12.1. The average molecular weight is 337 g/mol. The van der Waals surface area contributed by atoms with Gasteiger partial charge in [-0.2, -0.15) is 0 Å². The minimum absolute atomic E-state index is 0.198. The number of rotatable bonds is 5. The van der Waals surface area contributed by atoms with E-state index < -0.39 is 11.6 Å². The van der Waals surface area contributed by atoms with Gasteiger partial charge in [0.15, 0.2) is 17.3 Å². The van der Waals surface area contributed by atoms with Crippen molar-refractivity contribution < 1.29 is 15.0 Å². The van der Waals surface area contributed by atoms with Gasteiger partial charge in [0.2, 0.25) is 0 Å². The molecule has 0 radical (unpaired) electrons. The maximum Gasteiger partial charge on any atom is 0.191 e. The van der Waals surface area contributed by atoms with Gasteiger partial charge in [-0.1, -0.05) is 74.5 Å². The third kappa shape index (κ3) is 2.68. The third-order valence-electron chi connectivity index (χ3n) is 4.94. The molecule has 0 saturated carbocycles. The molecular formula is C21H23NO3. The maximum atomic E-state index is 13.3. The highest BCUT2D eigenvalue weighted by atomic mass is 16.4. The van der Waals surface area contributed by atoms with E-state index in [-0.39, 0.29) is 17.1 Å². The van der Waals surface area contributed by atoms with Crippen molar-refractivity contribution in [3.05, 3.63) is 77.5 Å². The summed E-state index contributed by atoms with van der Waals surface area (Å²) in [5.41, 5.74) is -0.232. The smallest absolute Gasteiger partial charge is 0.191 e. The Bertz CT molecular complexity index is 781. The molecule has 130 valence electrons. The lowest BCUT2D eigenvalue weighted by Crippen LogP contribution is -2.53. The standard InChI is InChI=1S/C21H23NO3/c1-3-22(4-2)21(25)18(16-13-9-6-10-14-16)19(23)17(20(21)24)15-11-7-5-8-12-15/h5-14,18,24-25H,3-4H2,1-2H3. The monoisotopic (exact) mass is 337 g/mol. The number of Topliss-reactive ketones (excluding diaryl/α,β-unsaturated/α-hetero) is 1. The topological polar surface area (TPSA) is 60.8 Å². The van der Waals surface area contributed by atoms with Gasteiger partial charge in [-0.3, -0.25) is 9.69 Å². The van der Waals surface area contributed by atoms with Crippen LogP contribution in [-0.4, -0.2) is 39.7 Å². The Balaban J connectivity index is 2.22. The normalized spacial score (nSPS) is 23.5. The molecule has 0 spiro atoms. The van der Waals surface area contributed by atoms with Crippen molar-refractivity contribution in [3.8, 4) is 0 Å². The van der Waals surface area contributed by atoms with E-state index >= 15 is 0 Å². The van der Waals surface area contributed by atoms with Crippen LogP contribution in [0.4, 0.5) is 0 Å². The predicted octanol–water partition coefficient (Wildman–Crippen LogP) is 3.35. The summed E-state index contributed by atoms with van der Waals surface area (Å²) in [5, 5.41) is 22.5. The second kappa shape index (κ2) is 6.82. The molecule has 0 amide bonds. The molecule has 2 N–H and O–H groups in total. The van der Waals surface area contributed by atoms with Gasteiger partial charge in [0.05, 0.1) is 11.5 Å². The lowest BCUT2D eigenvalue weighted by molar-refractivity contribution is -0.134. The van der Waals surface area contributed by atoms with Crippen molar-refractivity contribution in [1.29, 1.82) is 0 Å². The number of carbonyl (C=O) groups is 1. The van der Waals surface area contributed by atoms with Gasteiger partial charge in [0.1, 0.15) is 0 Å². The lowest BCUT2D eigenvalue weighted by atomic mass is 9.87. The average Bonchev–Trinajstić information content (AvgIpc) is 2.84. The highest BCUT2D eigenvalue weighted by Gasteiger charge is 2.57. The fourth-order valence-electron chi connectivity index (χ4n) is 3.72. The van der Waals surface area contributed by atoms with Crippen molar-refractivity contribution in [2.45, 2.75) is 25.5 Å². The van der Waals surface area contributed by atoms with Gasteiger partial charge in [-0.15, -0.1) is 0 Å². The van der Waals surface area contributed by atoms with Crippen LogP contribution in [0, 0.1) is 0 Å². The summed E-state index contributed by atoms with van der Waals surface area (Å²) in [4.78, 5) is 15.0. The molecule has 0 heterocycles. The Hall–Kier alpha value is -2.43. The summed E-state index contributed by atoms with van der Waals surface area (Å²) in [6.45, 7) is 4.83. The van der Waals surface area contributed by atoms with E-state index in [1.807, 2.05) is 62.4 Å². The molecule has 2 atom stereocenters. The number of allylic oxidation sites excluding steroid dienone is 1. The van der Waals surface area contributed by atoms with Crippen LogP contribution >= 0.6 is 0 Å². The first-order valence-electron chi connectivity index (χ1n) is 8.61. The molecule has 2 unspecified atom stereocenters. The zero-order valence-electron chi connectivity index (χ0n) is 14.5. The molecule has 0 aromatic heterocycles. The van der Waals surface area contributed by atoms with Crippen LogP contribution in [0.5, 0.6) is 0 Å². The number of likely N-dealkylation sites (N-methyl/N-ethyl adjacent to an activating group) is 1. The van der Waals surface area contributed by atoms with Crippen molar-refractivity contribution in [3.63, 3.8) is 0 Å². The van der Waals surface area contributed by atoms with Crippen LogP contribution in [0.2, 0.25) is 0 Å². The van der Waals surface area contributed by atoms with Crippen LogP contribution in [0.25, 0.3) is 5.57 Å². The molecular weight excluding hydrogens is 314 g/mol. The molecule has 0 saturated heterocycles. The second-order valence-corrected chi connectivity index (χ2v) is 6.20. The molecule has 2 aromatic carbocycles. The van der Waals surface area contributed by atoms with Crippen molar-refractivity contribution in [2.24, 2.45) is 0 Å². The number of hydrogen-bond acceptors (Lipinski definition) is 4. The van der Waals surface area contributed by atoms with Gasteiger partial charge < -0.3 is 10.2 Å². The Labute approximate surface area is 148 Å². The summed E-state index contributed by atoms with van der Waals surface area (Å²) in [6, 6.07) is 18.2. The predicted molar refractivity (Wildman–Crippen MR) is 98.1 cm³/mol. The van der Waals surface area contributed by atoms with E-state index in [1.54, 1.807) is 17.0 Å². The fourth-order valence-corrected chi connectivity index (χ4v) is 3.72. The van der Waals surface area contributed by atoms with E-state index in [0.29, 0.717) is 24.2 Å². The van der Waals surface area contributed by atoms with Gasteiger partial charge >= 0.3 is 0 Å². The van der Waals surface area contributed by atoms with Gasteiger partial charge in [0, 0.05) is 0 Å². The lowest BCUT2D eigenvalue weighted by Gasteiger charge is -2.39. The first-order valence-corrected chi connectivity index (χ1v) is 8.61. The molecule has 0 bridgehead atoms. The number of hydrogen-bond donors (Lipinski definition) is 2. The van der Waals surface area contributed by atoms with Crippen molar-refractivity contribution >= 4 is 11.4 Å². The summed E-state index contributed by atoms with van der Waals surface area (Å²) >= 11 is 0. The van der Waals surface area contributed by atoms with Crippen LogP contribution in [0.1, 0.15) is 30.9 Å². The molecule has 1 aliphatic carbocycles. The first kappa shape index (κ1) is 17.4. The molecule has 3 rings (SSSR count). The van der Waals surface area contributed by atoms with Crippen molar-refractivity contribution in [1.82, 2.24) is 4.90 Å². The van der Waals surface area contributed by atoms with Crippen LogP contribution < -0.4 is 0 Å². The molecule has 4 nitrogen and oxygen atoms in total. The molecule has 0 aliphatic heterocycles. The van der Waals surface area contributed by atoms with Crippen LogP contribution in [0.3, 0.4) is 0 Å². The number of nitrogens with zero attached hydrogens (tertiary/aromatic N) is 1. The van der Waals surface area contributed by atoms with E-state index in [4.69, 9.17) is 0 Å². The molecule has 0 fully saturated rings. The quantitative estimate of drug-likeness (QED) is 0.822. The summed E-state index contributed by atoms with van der Waals surface area (Å²) in [6.07, 6.45) is 0. The van der Waals surface area contributed by atoms with Crippen molar-refractivity contribution in [2.75, 3.05) is 13.1 Å². The molecule has 25 heavy (non-hydrogen) atoms. The Morgan fingerprint density at radius 1 is 0.960 bits per heavy atom. The van der Waals surface area contributed by atoms with Gasteiger partial charge in [0.25, 0.3) is 0 Å².